The van der Waals surface area contributed by atoms with Crippen molar-refractivity contribution in [3.8, 4) is 11.5 Å². The second-order valence-electron chi connectivity index (χ2n) is 6.14. The van der Waals surface area contributed by atoms with E-state index < -0.39 is 0 Å². The van der Waals surface area contributed by atoms with Crippen molar-refractivity contribution in [3.05, 3.63) is 96.1 Å². The van der Waals surface area contributed by atoms with Crippen molar-refractivity contribution < 1.29 is 9.47 Å². The third-order valence-electron chi connectivity index (χ3n) is 4.19. The van der Waals surface area contributed by atoms with Crippen LogP contribution in [0.5, 0.6) is 11.5 Å². The zero-order valence-corrected chi connectivity index (χ0v) is 15.1. The highest BCUT2D eigenvalue weighted by Gasteiger charge is 2.11. The number of benzene rings is 3. The Kier molecular flexibility index (Phi) is 6.68. The molecule has 0 aromatic heterocycles. The summed E-state index contributed by atoms with van der Waals surface area (Å²) in [6.07, 6.45) is 0. The number of nitrogens with one attached hydrogen (secondary N) is 1. The Morgan fingerprint density at radius 2 is 1.35 bits per heavy atom. The lowest BCUT2D eigenvalue weighted by Gasteiger charge is -2.18. The molecular weight excluding hydrogens is 322 g/mol. The molecule has 134 valence electrons. The quantitative estimate of drug-likeness (QED) is 0.553. The standard InChI is InChI=1S/C23H25NO2/c1-19(24-18-20-10-4-2-5-11-20)22-14-8-9-15-23(22)26-17-16-25-21-12-6-3-7-13-21/h2-15,19,24H,16-18H2,1H3. The highest BCUT2D eigenvalue weighted by molar-refractivity contribution is 5.35. The van der Waals surface area contributed by atoms with Crippen molar-refractivity contribution in [2.24, 2.45) is 0 Å². The van der Waals surface area contributed by atoms with Gasteiger partial charge in [0.1, 0.15) is 24.7 Å². The van der Waals surface area contributed by atoms with Gasteiger partial charge in [-0.1, -0.05) is 66.7 Å². The molecule has 3 aromatic carbocycles. The fraction of sp³-hybridized carbons (Fsp3) is 0.217. The summed E-state index contributed by atoms with van der Waals surface area (Å²) >= 11 is 0. The van der Waals surface area contributed by atoms with Gasteiger partial charge in [0.25, 0.3) is 0 Å². The van der Waals surface area contributed by atoms with Crippen molar-refractivity contribution in [3.63, 3.8) is 0 Å². The van der Waals surface area contributed by atoms with Gasteiger partial charge in [-0.3, -0.25) is 0 Å². The van der Waals surface area contributed by atoms with Gasteiger partial charge in [0.2, 0.25) is 0 Å². The predicted molar refractivity (Wildman–Crippen MR) is 106 cm³/mol. The van der Waals surface area contributed by atoms with Crippen LogP contribution < -0.4 is 14.8 Å². The van der Waals surface area contributed by atoms with Crippen molar-refractivity contribution in [2.45, 2.75) is 19.5 Å². The van der Waals surface area contributed by atoms with E-state index in [1.165, 1.54) is 5.56 Å². The minimum absolute atomic E-state index is 0.196. The van der Waals surface area contributed by atoms with Crippen LogP contribution in [0.3, 0.4) is 0 Å². The lowest BCUT2D eigenvalue weighted by atomic mass is 10.1. The SMILES string of the molecule is CC(NCc1ccccc1)c1ccccc1OCCOc1ccccc1. The molecule has 0 saturated heterocycles. The molecule has 0 aliphatic carbocycles. The Labute approximate surface area is 155 Å². The average Bonchev–Trinajstić information content (AvgIpc) is 2.71. The van der Waals surface area contributed by atoms with Crippen LogP contribution in [0.1, 0.15) is 24.1 Å². The van der Waals surface area contributed by atoms with Crippen LogP contribution in [-0.4, -0.2) is 13.2 Å². The molecular formula is C23H25NO2. The first-order valence-corrected chi connectivity index (χ1v) is 9.00. The highest BCUT2D eigenvalue weighted by Crippen LogP contribution is 2.25. The first-order valence-electron chi connectivity index (χ1n) is 9.00. The van der Waals surface area contributed by atoms with Crippen LogP contribution in [0, 0.1) is 0 Å². The molecule has 3 nitrogen and oxygen atoms in total. The largest absolute Gasteiger partial charge is 0.490 e. The zero-order valence-electron chi connectivity index (χ0n) is 15.1. The van der Waals surface area contributed by atoms with E-state index in [1.807, 2.05) is 54.6 Å². The van der Waals surface area contributed by atoms with E-state index in [1.54, 1.807) is 0 Å². The van der Waals surface area contributed by atoms with Gasteiger partial charge < -0.3 is 14.8 Å². The van der Waals surface area contributed by atoms with Crippen LogP contribution in [0.25, 0.3) is 0 Å². The topological polar surface area (TPSA) is 30.5 Å². The summed E-state index contributed by atoms with van der Waals surface area (Å²) in [4.78, 5) is 0. The Balaban J connectivity index is 1.52. The molecule has 1 N–H and O–H groups in total. The maximum Gasteiger partial charge on any atom is 0.124 e. The van der Waals surface area contributed by atoms with Gasteiger partial charge in [0.15, 0.2) is 0 Å². The minimum atomic E-state index is 0.196. The smallest absolute Gasteiger partial charge is 0.124 e. The molecule has 0 spiro atoms. The number of rotatable bonds is 9. The molecule has 0 heterocycles. The molecule has 0 aliphatic heterocycles. The fourth-order valence-corrected chi connectivity index (χ4v) is 2.77. The van der Waals surface area contributed by atoms with E-state index in [2.05, 4.69) is 42.6 Å². The van der Waals surface area contributed by atoms with Gasteiger partial charge in [-0.25, -0.2) is 0 Å². The van der Waals surface area contributed by atoms with Crippen LogP contribution in [0.2, 0.25) is 0 Å². The van der Waals surface area contributed by atoms with Gasteiger partial charge in [-0.2, -0.15) is 0 Å². The van der Waals surface area contributed by atoms with Crippen LogP contribution >= 0.6 is 0 Å². The van der Waals surface area contributed by atoms with E-state index in [9.17, 15) is 0 Å². The molecule has 0 aliphatic rings. The maximum absolute atomic E-state index is 5.97. The van der Waals surface area contributed by atoms with E-state index in [0.29, 0.717) is 13.2 Å². The average molecular weight is 347 g/mol. The van der Waals surface area contributed by atoms with Crippen molar-refractivity contribution in [2.75, 3.05) is 13.2 Å². The number of hydrogen-bond acceptors (Lipinski definition) is 3. The highest BCUT2D eigenvalue weighted by atomic mass is 16.5. The first-order chi connectivity index (χ1) is 12.8. The lowest BCUT2D eigenvalue weighted by Crippen LogP contribution is -2.19. The number of para-hydroxylation sites is 2. The summed E-state index contributed by atoms with van der Waals surface area (Å²) in [5.41, 5.74) is 2.43. The van der Waals surface area contributed by atoms with Gasteiger partial charge in [-0.05, 0) is 30.7 Å². The summed E-state index contributed by atoms with van der Waals surface area (Å²) in [6.45, 7) is 4.01. The molecule has 0 bridgehead atoms. The second-order valence-corrected chi connectivity index (χ2v) is 6.14. The summed E-state index contributed by atoms with van der Waals surface area (Å²) in [7, 11) is 0. The fourth-order valence-electron chi connectivity index (χ4n) is 2.77. The molecule has 26 heavy (non-hydrogen) atoms. The summed E-state index contributed by atoms with van der Waals surface area (Å²) in [6, 6.07) is 28.6. The number of ether oxygens (including phenoxy) is 2. The molecule has 3 heteroatoms. The van der Waals surface area contributed by atoms with Gasteiger partial charge >= 0.3 is 0 Å². The van der Waals surface area contributed by atoms with Crippen molar-refractivity contribution >= 4 is 0 Å². The van der Waals surface area contributed by atoms with Crippen molar-refractivity contribution in [1.29, 1.82) is 0 Å². The number of hydrogen-bond donors (Lipinski definition) is 1. The summed E-state index contributed by atoms with van der Waals surface area (Å²) in [5.74, 6) is 1.76. The lowest BCUT2D eigenvalue weighted by molar-refractivity contribution is 0.215. The maximum atomic E-state index is 5.97. The van der Waals surface area contributed by atoms with Crippen LogP contribution in [-0.2, 0) is 6.54 Å². The summed E-state index contributed by atoms with van der Waals surface area (Å²) < 4.78 is 11.7. The van der Waals surface area contributed by atoms with Gasteiger partial charge in [-0.15, -0.1) is 0 Å². The Morgan fingerprint density at radius 1 is 0.731 bits per heavy atom. The van der Waals surface area contributed by atoms with Gasteiger partial charge in [0, 0.05) is 18.2 Å². The first kappa shape index (κ1) is 18.0. The Morgan fingerprint density at radius 3 is 2.12 bits per heavy atom. The van der Waals surface area contributed by atoms with E-state index in [4.69, 9.17) is 9.47 Å². The third-order valence-corrected chi connectivity index (χ3v) is 4.19. The summed E-state index contributed by atoms with van der Waals surface area (Å²) in [5, 5.41) is 3.56. The molecule has 0 amide bonds. The molecule has 0 saturated carbocycles. The Hall–Kier alpha value is -2.78. The normalized spacial score (nSPS) is 11.7. The minimum Gasteiger partial charge on any atom is -0.490 e. The third kappa shape index (κ3) is 5.36. The van der Waals surface area contributed by atoms with E-state index >= 15 is 0 Å². The van der Waals surface area contributed by atoms with Crippen LogP contribution in [0.15, 0.2) is 84.9 Å². The van der Waals surface area contributed by atoms with E-state index in [0.717, 1.165) is 23.6 Å². The zero-order chi connectivity index (χ0) is 18.0. The van der Waals surface area contributed by atoms with Gasteiger partial charge in [0.05, 0.1) is 0 Å². The molecule has 0 fully saturated rings. The molecule has 0 radical (unpaired) electrons. The molecule has 1 atom stereocenters. The van der Waals surface area contributed by atoms with Crippen LogP contribution in [0.4, 0.5) is 0 Å². The Bertz CT molecular complexity index is 774. The van der Waals surface area contributed by atoms with E-state index in [-0.39, 0.29) is 6.04 Å². The second kappa shape index (κ2) is 9.64. The monoisotopic (exact) mass is 347 g/mol. The molecule has 3 rings (SSSR count). The predicted octanol–water partition coefficient (Wildman–Crippen LogP) is 5.00. The van der Waals surface area contributed by atoms with Crippen molar-refractivity contribution in [1.82, 2.24) is 5.32 Å². The molecule has 3 aromatic rings. The molecule has 1 unspecified atom stereocenters.